The minimum atomic E-state index is 0.424. The lowest BCUT2D eigenvalue weighted by Crippen LogP contribution is -1.99. The summed E-state index contributed by atoms with van der Waals surface area (Å²) in [5.41, 5.74) is 1.82. The second-order valence-corrected chi connectivity index (χ2v) is 6.33. The SMILES string of the molecule is CCOc1ccccc1-c1n[nH]c(=S)n1/N=C\c1ccc2ccccc2c1. The predicted molar refractivity (Wildman–Crippen MR) is 111 cm³/mol. The van der Waals surface area contributed by atoms with E-state index < -0.39 is 0 Å². The maximum absolute atomic E-state index is 5.71. The number of rotatable bonds is 5. The Morgan fingerprint density at radius 2 is 1.85 bits per heavy atom. The normalized spacial score (nSPS) is 11.3. The largest absolute Gasteiger partial charge is 0.493 e. The van der Waals surface area contributed by atoms with Crippen molar-refractivity contribution >= 4 is 29.2 Å². The zero-order valence-corrected chi connectivity index (χ0v) is 15.6. The fourth-order valence-electron chi connectivity index (χ4n) is 2.92. The first-order valence-electron chi connectivity index (χ1n) is 8.69. The Bertz CT molecular complexity index is 1180. The van der Waals surface area contributed by atoms with Crippen molar-refractivity contribution in [2.75, 3.05) is 6.61 Å². The fourth-order valence-corrected chi connectivity index (χ4v) is 3.10. The summed E-state index contributed by atoms with van der Waals surface area (Å²) in [6.45, 7) is 2.52. The highest BCUT2D eigenvalue weighted by Gasteiger charge is 2.13. The molecule has 0 aliphatic rings. The number of nitrogens with one attached hydrogen (secondary N) is 1. The molecule has 4 rings (SSSR count). The van der Waals surface area contributed by atoms with Crippen molar-refractivity contribution in [2.24, 2.45) is 5.10 Å². The van der Waals surface area contributed by atoms with Gasteiger partial charge in [-0.05, 0) is 53.7 Å². The van der Waals surface area contributed by atoms with Crippen LogP contribution < -0.4 is 4.74 Å². The zero-order valence-electron chi connectivity index (χ0n) is 14.8. The van der Waals surface area contributed by atoms with E-state index >= 15 is 0 Å². The van der Waals surface area contributed by atoms with Crippen molar-refractivity contribution in [3.8, 4) is 17.1 Å². The van der Waals surface area contributed by atoms with Crippen LogP contribution in [-0.4, -0.2) is 27.7 Å². The molecule has 0 radical (unpaired) electrons. The number of nitrogens with zero attached hydrogens (tertiary/aromatic N) is 3. The quantitative estimate of drug-likeness (QED) is 0.393. The number of hydrogen-bond acceptors (Lipinski definition) is 4. The average molecular weight is 374 g/mol. The summed E-state index contributed by atoms with van der Waals surface area (Å²) >= 11 is 5.36. The molecule has 5 nitrogen and oxygen atoms in total. The van der Waals surface area contributed by atoms with Crippen LogP contribution in [0.2, 0.25) is 0 Å². The standard InChI is InChI=1S/C21H18N4OS/c1-2-26-19-10-6-5-9-18(19)20-23-24-21(27)25(20)22-14-15-11-12-16-7-3-4-8-17(16)13-15/h3-14H,2H2,1H3,(H,24,27)/b22-14-. The number of para-hydroxylation sites is 1. The zero-order chi connectivity index (χ0) is 18.6. The van der Waals surface area contributed by atoms with Crippen molar-refractivity contribution in [3.05, 3.63) is 77.1 Å². The number of aromatic amines is 1. The molecule has 6 heteroatoms. The van der Waals surface area contributed by atoms with Gasteiger partial charge in [0.25, 0.3) is 0 Å². The average Bonchev–Trinajstić information content (AvgIpc) is 3.07. The summed E-state index contributed by atoms with van der Waals surface area (Å²) < 4.78 is 7.75. The van der Waals surface area contributed by atoms with Gasteiger partial charge < -0.3 is 4.74 Å². The first kappa shape index (κ1) is 17.2. The molecule has 1 aromatic heterocycles. The molecule has 0 aliphatic heterocycles. The highest BCUT2D eigenvalue weighted by atomic mass is 32.1. The predicted octanol–water partition coefficient (Wildman–Crippen LogP) is 5.04. The Morgan fingerprint density at radius 3 is 2.70 bits per heavy atom. The molecule has 134 valence electrons. The lowest BCUT2D eigenvalue weighted by Gasteiger charge is -2.08. The van der Waals surface area contributed by atoms with E-state index in [0.29, 0.717) is 17.2 Å². The number of aromatic nitrogens is 3. The molecule has 0 amide bonds. The Kier molecular flexibility index (Phi) is 4.80. The third-order valence-electron chi connectivity index (χ3n) is 4.17. The highest BCUT2D eigenvalue weighted by molar-refractivity contribution is 7.71. The third-order valence-corrected chi connectivity index (χ3v) is 4.44. The van der Waals surface area contributed by atoms with Crippen LogP contribution in [0, 0.1) is 4.77 Å². The Balaban J connectivity index is 1.74. The highest BCUT2D eigenvalue weighted by Crippen LogP contribution is 2.28. The van der Waals surface area contributed by atoms with Crippen molar-refractivity contribution in [1.82, 2.24) is 14.9 Å². The molecule has 1 heterocycles. The van der Waals surface area contributed by atoms with Gasteiger partial charge in [0.05, 0.1) is 18.4 Å². The molecule has 1 N–H and O–H groups in total. The fraction of sp³-hybridized carbons (Fsp3) is 0.0952. The summed E-state index contributed by atoms with van der Waals surface area (Å²) in [4.78, 5) is 0. The van der Waals surface area contributed by atoms with Gasteiger partial charge >= 0.3 is 0 Å². The van der Waals surface area contributed by atoms with Gasteiger partial charge in [-0.2, -0.15) is 14.9 Å². The molecule has 0 atom stereocenters. The minimum Gasteiger partial charge on any atom is -0.493 e. The van der Waals surface area contributed by atoms with Gasteiger partial charge in [0.15, 0.2) is 5.82 Å². The van der Waals surface area contributed by atoms with E-state index in [1.807, 2.05) is 49.4 Å². The van der Waals surface area contributed by atoms with E-state index in [-0.39, 0.29) is 0 Å². The summed E-state index contributed by atoms with van der Waals surface area (Å²) in [6.07, 6.45) is 1.78. The topological polar surface area (TPSA) is 55.2 Å². The van der Waals surface area contributed by atoms with E-state index in [1.165, 1.54) is 10.8 Å². The van der Waals surface area contributed by atoms with Crippen LogP contribution in [0.1, 0.15) is 12.5 Å². The van der Waals surface area contributed by atoms with E-state index in [2.05, 4.69) is 39.6 Å². The molecule has 0 bridgehead atoms. The van der Waals surface area contributed by atoms with E-state index in [9.17, 15) is 0 Å². The molecule has 0 saturated heterocycles. The van der Waals surface area contributed by atoms with Gasteiger partial charge in [-0.25, -0.2) is 5.10 Å². The van der Waals surface area contributed by atoms with Crippen molar-refractivity contribution in [2.45, 2.75) is 6.92 Å². The van der Waals surface area contributed by atoms with Crippen LogP contribution >= 0.6 is 12.2 Å². The molecule has 0 unspecified atom stereocenters. The number of H-pyrrole nitrogens is 1. The van der Waals surface area contributed by atoms with Gasteiger partial charge in [-0.3, -0.25) is 0 Å². The van der Waals surface area contributed by atoms with Crippen LogP contribution in [0.5, 0.6) is 5.75 Å². The first-order chi connectivity index (χ1) is 13.3. The van der Waals surface area contributed by atoms with Gasteiger partial charge in [0, 0.05) is 0 Å². The molecule has 4 aromatic rings. The Labute approximate surface area is 161 Å². The monoisotopic (exact) mass is 374 g/mol. The number of benzene rings is 3. The number of ether oxygens (including phenoxy) is 1. The van der Waals surface area contributed by atoms with Gasteiger partial charge in [-0.15, -0.1) is 0 Å². The number of hydrogen-bond donors (Lipinski definition) is 1. The Morgan fingerprint density at radius 1 is 1.07 bits per heavy atom. The molecule has 0 aliphatic carbocycles. The van der Waals surface area contributed by atoms with Crippen molar-refractivity contribution in [3.63, 3.8) is 0 Å². The van der Waals surface area contributed by atoms with E-state index in [0.717, 1.165) is 16.9 Å². The van der Waals surface area contributed by atoms with Crippen LogP contribution in [0.15, 0.2) is 71.8 Å². The van der Waals surface area contributed by atoms with Crippen LogP contribution in [0.4, 0.5) is 0 Å². The minimum absolute atomic E-state index is 0.424. The summed E-state index contributed by atoms with van der Waals surface area (Å²) in [5.74, 6) is 1.36. The van der Waals surface area contributed by atoms with Gasteiger partial charge in [-0.1, -0.05) is 48.5 Å². The van der Waals surface area contributed by atoms with Crippen LogP contribution in [-0.2, 0) is 0 Å². The molecule has 3 aromatic carbocycles. The summed E-state index contributed by atoms with van der Waals surface area (Å²) in [6, 6.07) is 22.2. The maximum atomic E-state index is 5.71. The smallest absolute Gasteiger partial charge is 0.216 e. The van der Waals surface area contributed by atoms with Crippen LogP contribution in [0.3, 0.4) is 0 Å². The second kappa shape index (κ2) is 7.55. The van der Waals surface area contributed by atoms with Crippen LogP contribution in [0.25, 0.3) is 22.2 Å². The number of fused-ring (bicyclic) bond motifs is 1. The molecular formula is C21H18N4OS. The summed E-state index contributed by atoms with van der Waals surface area (Å²) in [7, 11) is 0. The lowest BCUT2D eigenvalue weighted by molar-refractivity contribution is 0.341. The molecular weight excluding hydrogens is 356 g/mol. The van der Waals surface area contributed by atoms with Crippen molar-refractivity contribution < 1.29 is 4.74 Å². The van der Waals surface area contributed by atoms with E-state index in [4.69, 9.17) is 17.0 Å². The second-order valence-electron chi connectivity index (χ2n) is 5.94. The molecule has 0 spiro atoms. The first-order valence-corrected chi connectivity index (χ1v) is 9.10. The van der Waals surface area contributed by atoms with Gasteiger partial charge in [0.2, 0.25) is 4.77 Å². The van der Waals surface area contributed by atoms with Crippen molar-refractivity contribution in [1.29, 1.82) is 0 Å². The summed E-state index contributed by atoms with van der Waals surface area (Å²) in [5, 5.41) is 14.1. The maximum Gasteiger partial charge on any atom is 0.216 e. The molecule has 0 saturated carbocycles. The van der Waals surface area contributed by atoms with Gasteiger partial charge in [0.1, 0.15) is 5.75 Å². The lowest BCUT2D eigenvalue weighted by atomic mass is 10.1. The molecule has 27 heavy (non-hydrogen) atoms. The van der Waals surface area contributed by atoms with E-state index in [1.54, 1.807) is 10.9 Å². The Hall–Kier alpha value is -3.25. The molecule has 0 fully saturated rings. The third kappa shape index (κ3) is 3.52.